The van der Waals surface area contributed by atoms with E-state index in [2.05, 4.69) is 6.92 Å². The monoisotopic (exact) mass is 197 g/mol. The molecular formula is C12H23NO. The summed E-state index contributed by atoms with van der Waals surface area (Å²) in [5.41, 5.74) is 6.47. The zero-order valence-electron chi connectivity index (χ0n) is 9.30. The van der Waals surface area contributed by atoms with Gasteiger partial charge in [0, 0.05) is 12.1 Å². The first-order valence-corrected chi connectivity index (χ1v) is 6.15. The van der Waals surface area contributed by atoms with Gasteiger partial charge in [0.25, 0.3) is 0 Å². The average molecular weight is 197 g/mol. The molecule has 1 unspecified atom stereocenters. The van der Waals surface area contributed by atoms with Crippen LogP contribution in [-0.2, 0) is 4.74 Å². The van der Waals surface area contributed by atoms with Crippen molar-refractivity contribution < 1.29 is 4.74 Å². The molecule has 1 atom stereocenters. The van der Waals surface area contributed by atoms with Gasteiger partial charge in [0.1, 0.15) is 0 Å². The van der Waals surface area contributed by atoms with Crippen molar-refractivity contribution in [2.24, 2.45) is 11.7 Å². The highest BCUT2D eigenvalue weighted by molar-refractivity contribution is 4.97. The molecule has 2 fully saturated rings. The van der Waals surface area contributed by atoms with Crippen LogP contribution in [0.5, 0.6) is 0 Å². The first kappa shape index (κ1) is 10.4. The summed E-state index contributed by atoms with van der Waals surface area (Å²) in [5.74, 6) is 0.924. The highest BCUT2D eigenvalue weighted by atomic mass is 16.5. The molecule has 1 saturated carbocycles. The summed E-state index contributed by atoms with van der Waals surface area (Å²) in [6.07, 6.45) is 9.06. The van der Waals surface area contributed by atoms with Crippen molar-refractivity contribution in [3.05, 3.63) is 0 Å². The summed E-state index contributed by atoms with van der Waals surface area (Å²) in [4.78, 5) is 0. The summed E-state index contributed by atoms with van der Waals surface area (Å²) in [7, 11) is 0. The minimum absolute atomic E-state index is 0.0160. The molecular weight excluding hydrogens is 174 g/mol. The van der Waals surface area contributed by atoms with Crippen LogP contribution in [0.15, 0.2) is 0 Å². The molecule has 0 amide bonds. The number of ether oxygens (including phenoxy) is 1. The van der Waals surface area contributed by atoms with Crippen LogP contribution in [0.3, 0.4) is 0 Å². The lowest BCUT2D eigenvalue weighted by Crippen LogP contribution is -2.52. The molecule has 2 N–H and O–H groups in total. The van der Waals surface area contributed by atoms with Gasteiger partial charge in [-0.3, -0.25) is 0 Å². The van der Waals surface area contributed by atoms with Gasteiger partial charge in [-0.05, 0) is 44.4 Å². The first-order valence-electron chi connectivity index (χ1n) is 6.15. The van der Waals surface area contributed by atoms with Crippen LogP contribution in [0, 0.1) is 5.92 Å². The van der Waals surface area contributed by atoms with Gasteiger partial charge in [0.2, 0.25) is 0 Å². The molecule has 1 aliphatic heterocycles. The summed E-state index contributed by atoms with van der Waals surface area (Å²) in [6, 6.07) is 0. The van der Waals surface area contributed by atoms with Gasteiger partial charge in [0.05, 0.1) is 6.10 Å². The van der Waals surface area contributed by atoms with Crippen LogP contribution in [0.4, 0.5) is 0 Å². The lowest BCUT2D eigenvalue weighted by Gasteiger charge is -2.40. The molecule has 0 aromatic rings. The predicted molar refractivity (Wildman–Crippen MR) is 58.1 cm³/mol. The smallest absolute Gasteiger partial charge is 0.0755 e. The van der Waals surface area contributed by atoms with Gasteiger partial charge < -0.3 is 10.5 Å². The number of hydrogen-bond donors (Lipinski definition) is 1. The Morgan fingerprint density at radius 2 is 2.00 bits per heavy atom. The molecule has 2 rings (SSSR count). The molecule has 2 heteroatoms. The van der Waals surface area contributed by atoms with Crippen LogP contribution >= 0.6 is 0 Å². The third-order valence-corrected chi connectivity index (χ3v) is 4.18. The van der Waals surface area contributed by atoms with Crippen molar-refractivity contribution in [1.29, 1.82) is 0 Å². The largest absolute Gasteiger partial charge is 0.376 e. The van der Waals surface area contributed by atoms with E-state index >= 15 is 0 Å². The van der Waals surface area contributed by atoms with E-state index in [0.717, 1.165) is 12.5 Å². The number of hydrogen-bond acceptors (Lipinski definition) is 2. The highest BCUT2D eigenvalue weighted by Gasteiger charge is 2.40. The van der Waals surface area contributed by atoms with Crippen LogP contribution in [-0.4, -0.2) is 18.2 Å². The van der Waals surface area contributed by atoms with E-state index in [0.29, 0.717) is 6.10 Å². The van der Waals surface area contributed by atoms with Crippen molar-refractivity contribution in [3.8, 4) is 0 Å². The van der Waals surface area contributed by atoms with E-state index in [1.54, 1.807) is 0 Å². The normalized spacial score (nSPS) is 44.1. The number of rotatable bonds is 2. The maximum absolute atomic E-state index is 6.46. The fourth-order valence-electron chi connectivity index (χ4n) is 2.98. The standard InChI is InChI=1S/C12H23NO/c1-2-10-5-7-12(13,8-6-10)11-4-3-9-14-11/h10-11H,2-9,13H2,1H3. The van der Waals surface area contributed by atoms with Crippen molar-refractivity contribution in [2.45, 2.75) is 63.5 Å². The topological polar surface area (TPSA) is 35.2 Å². The fraction of sp³-hybridized carbons (Fsp3) is 1.00. The Morgan fingerprint density at radius 3 is 2.50 bits per heavy atom. The molecule has 0 bridgehead atoms. The molecule has 0 aromatic heterocycles. The molecule has 0 radical (unpaired) electrons. The Balaban J connectivity index is 1.90. The van der Waals surface area contributed by atoms with Crippen molar-refractivity contribution in [1.82, 2.24) is 0 Å². The van der Waals surface area contributed by atoms with Crippen molar-refractivity contribution >= 4 is 0 Å². The van der Waals surface area contributed by atoms with Crippen molar-refractivity contribution in [3.63, 3.8) is 0 Å². The van der Waals surface area contributed by atoms with E-state index in [9.17, 15) is 0 Å². The third-order valence-electron chi connectivity index (χ3n) is 4.18. The molecule has 0 aromatic carbocycles. The van der Waals surface area contributed by atoms with E-state index < -0.39 is 0 Å². The van der Waals surface area contributed by atoms with E-state index in [4.69, 9.17) is 10.5 Å². The van der Waals surface area contributed by atoms with E-state index in [1.807, 2.05) is 0 Å². The third kappa shape index (κ3) is 1.96. The molecule has 1 heterocycles. The first-order chi connectivity index (χ1) is 6.74. The zero-order chi connectivity index (χ0) is 10.0. The molecule has 1 aliphatic carbocycles. The van der Waals surface area contributed by atoms with Gasteiger partial charge in [-0.25, -0.2) is 0 Å². The quantitative estimate of drug-likeness (QED) is 0.738. The zero-order valence-corrected chi connectivity index (χ0v) is 9.30. The second-order valence-corrected chi connectivity index (χ2v) is 5.09. The van der Waals surface area contributed by atoms with Gasteiger partial charge in [0.15, 0.2) is 0 Å². The van der Waals surface area contributed by atoms with E-state index in [-0.39, 0.29) is 5.54 Å². The van der Waals surface area contributed by atoms with E-state index in [1.165, 1.54) is 44.9 Å². The molecule has 2 nitrogen and oxygen atoms in total. The highest BCUT2D eigenvalue weighted by Crippen LogP contribution is 2.37. The van der Waals surface area contributed by atoms with Crippen LogP contribution < -0.4 is 5.73 Å². The Hall–Kier alpha value is -0.0800. The summed E-state index contributed by atoms with van der Waals surface area (Å²) in [6.45, 7) is 3.22. The van der Waals surface area contributed by atoms with Crippen LogP contribution in [0.2, 0.25) is 0 Å². The maximum Gasteiger partial charge on any atom is 0.0755 e. The predicted octanol–water partition coefficient (Wildman–Crippen LogP) is 2.46. The van der Waals surface area contributed by atoms with Gasteiger partial charge in [-0.1, -0.05) is 13.3 Å². The summed E-state index contributed by atoms with van der Waals surface area (Å²) >= 11 is 0. The maximum atomic E-state index is 6.46. The summed E-state index contributed by atoms with van der Waals surface area (Å²) in [5, 5.41) is 0. The van der Waals surface area contributed by atoms with Gasteiger partial charge in [-0.15, -0.1) is 0 Å². The average Bonchev–Trinajstić information content (AvgIpc) is 2.72. The van der Waals surface area contributed by atoms with Gasteiger partial charge >= 0.3 is 0 Å². The van der Waals surface area contributed by atoms with Gasteiger partial charge in [-0.2, -0.15) is 0 Å². The molecule has 0 spiro atoms. The minimum Gasteiger partial charge on any atom is -0.376 e. The SMILES string of the molecule is CCC1CCC(N)(C2CCCO2)CC1. The molecule has 1 saturated heterocycles. The Bertz CT molecular complexity index is 179. The molecule has 82 valence electrons. The second kappa shape index (κ2) is 4.19. The minimum atomic E-state index is 0.0160. The second-order valence-electron chi connectivity index (χ2n) is 5.09. The lowest BCUT2D eigenvalue weighted by molar-refractivity contribution is 0.0207. The Morgan fingerprint density at radius 1 is 1.29 bits per heavy atom. The Labute approximate surface area is 87.2 Å². The Kier molecular flexibility index (Phi) is 3.13. The lowest BCUT2D eigenvalue weighted by atomic mass is 9.73. The molecule has 2 aliphatic rings. The number of nitrogens with two attached hydrogens (primary N) is 1. The van der Waals surface area contributed by atoms with Crippen LogP contribution in [0.1, 0.15) is 51.9 Å². The summed E-state index contributed by atoms with van der Waals surface area (Å²) < 4.78 is 5.74. The fourth-order valence-corrected chi connectivity index (χ4v) is 2.98. The van der Waals surface area contributed by atoms with Crippen molar-refractivity contribution in [2.75, 3.05) is 6.61 Å². The van der Waals surface area contributed by atoms with Crippen LogP contribution in [0.25, 0.3) is 0 Å². The molecule has 14 heavy (non-hydrogen) atoms.